The van der Waals surface area contributed by atoms with Gasteiger partial charge in [-0.05, 0) is 19.4 Å². The number of rotatable bonds is 4. The first-order valence-corrected chi connectivity index (χ1v) is 5.87. The van der Waals surface area contributed by atoms with Crippen LogP contribution in [0.15, 0.2) is 34.9 Å². The summed E-state index contributed by atoms with van der Waals surface area (Å²) in [7, 11) is 1.72. The van der Waals surface area contributed by atoms with Crippen LogP contribution >= 0.6 is 0 Å². The van der Waals surface area contributed by atoms with Crippen LogP contribution in [0.5, 0.6) is 0 Å². The van der Waals surface area contributed by atoms with Gasteiger partial charge in [-0.25, -0.2) is 0 Å². The Bertz CT molecular complexity index is 532. The fraction of sp³-hybridized carbons (Fsp3) is 0.357. The van der Waals surface area contributed by atoms with Crippen LogP contribution in [-0.2, 0) is 11.2 Å². The summed E-state index contributed by atoms with van der Waals surface area (Å²) in [6, 6.07) is 9.80. The van der Waals surface area contributed by atoms with E-state index in [0.29, 0.717) is 5.88 Å². The molecule has 0 amide bonds. The zero-order valence-corrected chi connectivity index (χ0v) is 10.9. The van der Waals surface area contributed by atoms with Crippen molar-refractivity contribution < 1.29 is 9.26 Å². The molecule has 18 heavy (non-hydrogen) atoms. The van der Waals surface area contributed by atoms with E-state index < -0.39 is 0 Å². The third-order valence-electron chi connectivity index (χ3n) is 2.99. The number of ether oxygens (including phenoxy) is 1. The smallest absolute Gasteiger partial charge is 0.222 e. The van der Waals surface area contributed by atoms with Gasteiger partial charge in [-0.1, -0.05) is 29.4 Å². The fourth-order valence-corrected chi connectivity index (χ4v) is 1.87. The number of hydrogen-bond donors (Lipinski definition) is 1. The van der Waals surface area contributed by atoms with Crippen molar-refractivity contribution in [3.63, 3.8) is 0 Å². The summed E-state index contributed by atoms with van der Waals surface area (Å²) in [5.74, 6) is 0.325. The molecule has 2 aromatic rings. The van der Waals surface area contributed by atoms with Gasteiger partial charge in [0.25, 0.3) is 0 Å². The van der Waals surface area contributed by atoms with Gasteiger partial charge in [0, 0.05) is 25.2 Å². The molecule has 0 aliphatic rings. The number of nitrogen functional groups attached to an aromatic ring is 1. The Hall–Kier alpha value is -1.81. The Kier molecular flexibility index (Phi) is 3.39. The zero-order valence-electron chi connectivity index (χ0n) is 10.9. The van der Waals surface area contributed by atoms with Crippen LogP contribution in [0.4, 0.5) is 5.88 Å². The highest BCUT2D eigenvalue weighted by Gasteiger charge is 2.20. The summed E-state index contributed by atoms with van der Waals surface area (Å²) in [5.41, 5.74) is 8.30. The standard InChI is InChI=1S/C14H18N2O2/c1-14(2,17-3)9-10-6-4-5-7-11(10)12-8-13(15)18-16-12/h4-8H,9,15H2,1-3H3. The number of aromatic nitrogens is 1. The van der Waals surface area contributed by atoms with Crippen LogP contribution < -0.4 is 5.73 Å². The molecule has 0 spiro atoms. The predicted molar refractivity (Wildman–Crippen MR) is 71.1 cm³/mol. The Labute approximate surface area is 107 Å². The van der Waals surface area contributed by atoms with E-state index in [0.717, 1.165) is 23.2 Å². The Balaban J connectivity index is 2.37. The van der Waals surface area contributed by atoms with Gasteiger partial charge in [-0.2, -0.15) is 0 Å². The van der Waals surface area contributed by atoms with Crippen LogP contribution in [-0.4, -0.2) is 17.9 Å². The number of nitrogens with zero attached hydrogens (tertiary/aromatic N) is 1. The quantitative estimate of drug-likeness (QED) is 0.901. The van der Waals surface area contributed by atoms with Crippen LogP contribution in [0, 0.1) is 0 Å². The van der Waals surface area contributed by atoms with Crippen molar-refractivity contribution >= 4 is 5.88 Å². The predicted octanol–water partition coefficient (Wildman–Crippen LogP) is 2.89. The van der Waals surface area contributed by atoms with E-state index in [1.54, 1.807) is 13.2 Å². The average Bonchev–Trinajstić information content (AvgIpc) is 2.76. The highest BCUT2D eigenvalue weighted by Crippen LogP contribution is 2.27. The molecule has 0 unspecified atom stereocenters. The third kappa shape index (κ3) is 2.71. The molecule has 0 saturated carbocycles. The highest BCUT2D eigenvalue weighted by atomic mass is 16.5. The van der Waals surface area contributed by atoms with E-state index in [1.807, 2.05) is 18.2 Å². The Morgan fingerprint density at radius 2 is 2.06 bits per heavy atom. The summed E-state index contributed by atoms with van der Waals surface area (Å²) >= 11 is 0. The van der Waals surface area contributed by atoms with Crippen LogP contribution in [0.3, 0.4) is 0 Å². The molecule has 4 nitrogen and oxygen atoms in total. The molecular weight excluding hydrogens is 228 g/mol. The van der Waals surface area contributed by atoms with Crippen molar-refractivity contribution in [2.45, 2.75) is 25.9 Å². The number of benzene rings is 1. The third-order valence-corrected chi connectivity index (χ3v) is 2.99. The summed E-state index contributed by atoms with van der Waals surface area (Å²) < 4.78 is 10.4. The molecule has 2 rings (SSSR count). The van der Waals surface area contributed by atoms with Crippen molar-refractivity contribution in [2.75, 3.05) is 12.8 Å². The summed E-state index contributed by atoms with van der Waals surface area (Å²) in [4.78, 5) is 0. The van der Waals surface area contributed by atoms with E-state index in [2.05, 4.69) is 25.1 Å². The van der Waals surface area contributed by atoms with E-state index in [4.69, 9.17) is 15.0 Å². The largest absolute Gasteiger partial charge is 0.378 e. The fourth-order valence-electron chi connectivity index (χ4n) is 1.87. The lowest BCUT2D eigenvalue weighted by Crippen LogP contribution is -2.25. The Morgan fingerprint density at radius 1 is 1.33 bits per heavy atom. The molecule has 0 fully saturated rings. The SMILES string of the molecule is COC(C)(C)Cc1ccccc1-c1cc(N)on1. The van der Waals surface area contributed by atoms with Gasteiger partial charge < -0.3 is 15.0 Å². The normalized spacial score (nSPS) is 11.7. The minimum absolute atomic E-state index is 0.217. The van der Waals surface area contributed by atoms with Crippen LogP contribution in [0.1, 0.15) is 19.4 Å². The lowest BCUT2D eigenvalue weighted by molar-refractivity contribution is 0.0233. The second-order valence-electron chi connectivity index (χ2n) is 4.91. The minimum atomic E-state index is -0.217. The maximum atomic E-state index is 5.57. The average molecular weight is 246 g/mol. The number of hydrogen-bond acceptors (Lipinski definition) is 4. The van der Waals surface area contributed by atoms with Crippen molar-refractivity contribution in [1.29, 1.82) is 0 Å². The van der Waals surface area contributed by atoms with E-state index in [9.17, 15) is 0 Å². The van der Waals surface area contributed by atoms with Crippen molar-refractivity contribution in [1.82, 2.24) is 5.16 Å². The van der Waals surface area contributed by atoms with Crippen molar-refractivity contribution in [3.8, 4) is 11.3 Å². The summed E-state index contributed by atoms with van der Waals surface area (Å²) in [5, 5.41) is 3.96. The van der Waals surface area contributed by atoms with Crippen LogP contribution in [0.2, 0.25) is 0 Å². The molecule has 4 heteroatoms. The molecule has 2 N–H and O–H groups in total. The summed E-state index contributed by atoms with van der Waals surface area (Å²) in [6.07, 6.45) is 0.798. The minimum Gasteiger partial charge on any atom is -0.378 e. The number of methoxy groups -OCH3 is 1. The first-order valence-electron chi connectivity index (χ1n) is 5.87. The lowest BCUT2D eigenvalue weighted by atomic mass is 9.93. The molecule has 1 aromatic heterocycles. The highest BCUT2D eigenvalue weighted by molar-refractivity contribution is 5.65. The number of nitrogens with two attached hydrogens (primary N) is 1. The molecule has 0 radical (unpaired) electrons. The Morgan fingerprint density at radius 3 is 2.67 bits per heavy atom. The molecule has 0 saturated heterocycles. The lowest BCUT2D eigenvalue weighted by Gasteiger charge is -2.23. The van der Waals surface area contributed by atoms with Gasteiger partial charge in [0.05, 0.1) is 5.60 Å². The molecule has 0 aliphatic carbocycles. The maximum absolute atomic E-state index is 5.57. The van der Waals surface area contributed by atoms with Crippen molar-refractivity contribution in [3.05, 3.63) is 35.9 Å². The van der Waals surface area contributed by atoms with Gasteiger partial charge in [0.1, 0.15) is 5.69 Å². The van der Waals surface area contributed by atoms with E-state index in [1.165, 1.54) is 0 Å². The van der Waals surface area contributed by atoms with Gasteiger partial charge in [-0.3, -0.25) is 0 Å². The maximum Gasteiger partial charge on any atom is 0.222 e. The molecular formula is C14H18N2O2. The van der Waals surface area contributed by atoms with Crippen molar-refractivity contribution in [2.24, 2.45) is 0 Å². The monoisotopic (exact) mass is 246 g/mol. The van der Waals surface area contributed by atoms with E-state index >= 15 is 0 Å². The molecule has 1 heterocycles. The second kappa shape index (κ2) is 4.82. The van der Waals surface area contributed by atoms with Crippen LogP contribution in [0.25, 0.3) is 11.3 Å². The topological polar surface area (TPSA) is 61.3 Å². The molecule has 0 bridgehead atoms. The molecule has 0 atom stereocenters. The first kappa shape index (κ1) is 12.6. The summed E-state index contributed by atoms with van der Waals surface area (Å²) in [6.45, 7) is 4.11. The zero-order chi connectivity index (χ0) is 13.2. The van der Waals surface area contributed by atoms with Gasteiger partial charge in [0.2, 0.25) is 5.88 Å². The van der Waals surface area contributed by atoms with Gasteiger partial charge in [0.15, 0.2) is 0 Å². The molecule has 1 aromatic carbocycles. The van der Waals surface area contributed by atoms with Gasteiger partial charge >= 0.3 is 0 Å². The first-order chi connectivity index (χ1) is 8.52. The number of anilines is 1. The second-order valence-corrected chi connectivity index (χ2v) is 4.91. The van der Waals surface area contributed by atoms with Gasteiger partial charge in [-0.15, -0.1) is 0 Å². The molecule has 96 valence electrons. The molecule has 0 aliphatic heterocycles. The van der Waals surface area contributed by atoms with E-state index in [-0.39, 0.29) is 5.60 Å².